The largest absolute Gasteiger partial charge is 0.340 e. The van der Waals surface area contributed by atoms with Crippen molar-refractivity contribution >= 4 is 16.9 Å². The predicted octanol–water partition coefficient (Wildman–Crippen LogP) is 1.81. The number of hydrogen-bond acceptors (Lipinski definition) is 5. The second-order valence-electron chi connectivity index (χ2n) is 5.63. The fraction of sp³-hybridized carbons (Fsp3) is 0.118. The topological polar surface area (TPSA) is 92.6 Å². The summed E-state index contributed by atoms with van der Waals surface area (Å²) >= 11 is 0. The molecule has 1 N–H and O–H groups in total. The Kier molecular flexibility index (Phi) is 3.70. The maximum Gasteiger partial charge on any atom is 0.256 e. The first-order chi connectivity index (χ1) is 12.2. The summed E-state index contributed by atoms with van der Waals surface area (Å²) in [5, 5.41) is 11.1. The Morgan fingerprint density at radius 2 is 1.96 bits per heavy atom. The zero-order valence-corrected chi connectivity index (χ0v) is 13.5. The van der Waals surface area contributed by atoms with E-state index >= 15 is 0 Å². The maximum absolute atomic E-state index is 12.9. The normalized spacial score (nSPS) is 10.9. The number of carbonyl (C=O) groups is 1. The molecule has 0 radical (unpaired) electrons. The Hall–Kier alpha value is -3.55. The van der Waals surface area contributed by atoms with Crippen molar-refractivity contribution in [3.05, 3.63) is 66.2 Å². The summed E-state index contributed by atoms with van der Waals surface area (Å²) in [6.07, 6.45) is 1.46. The summed E-state index contributed by atoms with van der Waals surface area (Å²) < 4.78 is 1.47. The van der Waals surface area contributed by atoms with Gasteiger partial charge in [0, 0.05) is 7.05 Å². The highest BCUT2D eigenvalue weighted by molar-refractivity contribution is 5.97. The van der Waals surface area contributed by atoms with Crippen LogP contribution in [-0.2, 0) is 6.54 Å². The Balaban J connectivity index is 1.60. The quantitative estimate of drug-likeness (QED) is 0.615. The molecule has 2 heterocycles. The minimum atomic E-state index is -0.133. The first kappa shape index (κ1) is 15.0. The van der Waals surface area contributed by atoms with Gasteiger partial charge in [0.1, 0.15) is 12.2 Å². The van der Waals surface area contributed by atoms with E-state index in [1.54, 1.807) is 24.1 Å². The number of hydrogen-bond donors (Lipinski definition) is 1. The summed E-state index contributed by atoms with van der Waals surface area (Å²) in [5.41, 5.74) is 2.99. The monoisotopic (exact) mass is 333 g/mol. The predicted molar refractivity (Wildman–Crippen MR) is 91.0 cm³/mol. The Morgan fingerprint density at radius 3 is 2.76 bits per heavy atom. The van der Waals surface area contributed by atoms with Crippen LogP contribution in [0.25, 0.3) is 16.7 Å². The van der Waals surface area contributed by atoms with Crippen LogP contribution in [-0.4, -0.2) is 48.0 Å². The standard InChI is InChI=1S/C17H15N7O/c1-23(10-16-19-13-7-3-4-8-14(13)20-16)17(25)12-6-2-5-9-15(12)24-11-18-21-22-24/h2-9,11H,10H2,1H3,(H,19,20). The SMILES string of the molecule is CN(Cc1nc2ccccc2[nH]1)C(=O)c1ccccc1-n1cnnn1. The number of fused-ring (bicyclic) bond motifs is 1. The number of imidazole rings is 1. The highest BCUT2D eigenvalue weighted by atomic mass is 16.2. The molecule has 0 aliphatic rings. The fourth-order valence-electron chi connectivity index (χ4n) is 2.71. The third kappa shape index (κ3) is 2.85. The molecule has 0 saturated heterocycles. The van der Waals surface area contributed by atoms with Crippen LogP contribution in [0.1, 0.15) is 16.2 Å². The van der Waals surface area contributed by atoms with Crippen molar-refractivity contribution in [2.75, 3.05) is 7.05 Å². The molecule has 0 spiro atoms. The van der Waals surface area contributed by atoms with Gasteiger partial charge in [-0.1, -0.05) is 24.3 Å². The van der Waals surface area contributed by atoms with Gasteiger partial charge in [-0.25, -0.2) is 4.98 Å². The van der Waals surface area contributed by atoms with Gasteiger partial charge in [-0.2, -0.15) is 4.68 Å². The molecule has 0 unspecified atom stereocenters. The number of benzene rings is 2. The molecule has 0 aliphatic heterocycles. The Bertz CT molecular complexity index is 989. The van der Waals surface area contributed by atoms with E-state index in [4.69, 9.17) is 0 Å². The molecular formula is C17H15N7O. The highest BCUT2D eigenvalue weighted by Gasteiger charge is 2.18. The molecule has 2 aromatic heterocycles. The lowest BCUT2D eigenvalue weighted by Gasteiger charge is -2.17. The number of aromatic amines is 1. The molecule has 0 bridgehead atoms. The zero-order valence-electron chi connectivity index (χ0n) is 13.5. The summed E-state index contributed by atoms with van der Waals surface area (Å²) in [5.74, 6) is 0.600. The molecule has 1 amide bonds. The number of para-hydroxylation sites is 3. The third-order valence-electron chi connectivity index (χ3n) is 3.90. The molecule has 8 nitrogen and oxygen atoms in total. The number of aromatic nitrogens is 6. The summed E-state index contributed by atoms with van der Waals surface area (Å²) in [6, 6.07) is 15.0. The lowest BCUT2D eigenvalue weighted by Crippen LogP contribution is -2.27. The van der Waals surface area contributed by atoms with Crippen LogP contribution in [0.3, 0.4) is 0 Å². The molecule has 4 aromatic rings. The van der Waals surface area contributed by atoms with E-state index in [0.29, 0.717) is 17.8 Å². The summed E-state index contributed by atoms with van der Waals surface area (Å²) in [6.45, 7) is 0.372. The molecule has 0 aliphatic carbocycles. The number of amides is 1. The third-order valence-corrected chi connectivity index (χ3v) is 3.90. The van der Waals surface area contributed by atoms with Gasteiger partial charge < -0.3 is 9.88 Å². The van der Waals surface area contributed by atoms with Gasteiger partial charge in [0.2, 0.25) is 0 Å². The van der Waals surface area contributed by atoms with Gasteiger partial charge in [-0.3, -0.25) is 4.79 Å². The van der Waals surface area contributed by atoms with Crippen LogP contribution in [0.4, 0.5) is 0 Å². The second kappa shape index (κ2) is 6.16. The van der Waals surface area contributed by atoms with Gasteiger partial charge in [-0.05, 0) is 34.7 Å². The lowest BCUT2D eigenvalue weighted by atomic mass is 10.1. The van der Waals surface area contributed by atoms with E-state index < -0.39 is 0 Å². The highest BCUT2D eigenvalue weighted by Crippen LogP contribution is 2.16. The first-order valence-corrected chi connectivity index (χ1v) is 7.74. The molecule has 2 aromatic carbocycles. The fourth-order valence-corrected chi connectivity index (χ4v) is 2.71. The van der Waals surface area contributed by atoms with Crippen molar-refractivity contribution in [3.63, 3.8) is 0 Å². The van der Waals surface area contributed by atoms with Crippen LogP contribution < -0.4 is 0 Å². The van der Waals surface area contributed by atoms with Gasteiger partial charge in [0.25, 0.3) is 5.91 Å². The van der Waals surface area contributed by atoms with Gasteiger partial charge in [0.05, 0.1) is 28.8 Å². The minimum absolute atomic E-state index is 0.133. The van der Waals surface area contributed by atoms with Gasteiger partial charge >= 0.3 is 0 Å². The molecule has 8 heteroatoms. The van der Waals surface area contributed by atoms with Crippen molar-refractivity contribution in [3.8, 4) is 5.69 Å². The second-order valence-corrected chi connectivity index (χ2v) is 5.63. The number of tetrazole rings is 1. The van der Waals surface area contributed by atoms with E-state index in [9.17, 15) is 4.79 Å². The van der Waals surface area contributed by atoms with E-state index in [1.807, 2.05) is 36.4 Å². The van der Waals surface area contributed by atoms with Crippen molar-refractivity contribution in [2.24, 2.45) is 0 Å². The lowest BCUT2D eigenvalue weighted by molar-refractivity contribution is 0.0782. The molecule has 25 heavy (non-hydrogen) atoms. The van der Waals surface area contributed by atoms with Crippen molar-refractivity contribution < 1.29 is 4.79 Å². The van der Waals surface area contributed by atoms with Crippen LogP contribution in [0, 0.1) is 0 Å². The number of nitrogens with zero attached hydrogens (tertiary/aromatic N) is 6. The van der Waals surface area contributed by atoms with Crippen LogP contribution >= 0.6 is 0 Å². The van der Waals surface area contributed by atoms with Crippen molar-refractivity contribution in [1.82, 2.24) is 35.1 Å². The van der Waals surface area contributed by atoms with Gasteiger partial charge in [-0.15, -0.1) is 5.10 Å². The zero-order chi connectivity index (χ0) is 17.2. The van der Waals surface area contributed by atoms with Gasteiger partial charge in [0.15, 0.2) is 0 Å². The Morgan fingerprint density at radius 1 is 1.16 bits per heavy atom. The van der Waals surface area contributed by atoms with E-state index in [1.165, 1.54) is 11.0 Å². The van der Waals surface area contributed by atoms with E-state index in [2.05, 4.69) is 25.5 Å². The van der Waals surface area contributed by atoms with Crippen LogP contribution in [0.2, 0.25) is 0 Å². The molecular weight excluding hydrogens is 318 g/mol. The molecule has 0 atom stereocenters. The minimum Gasteiger partial charge on any atom is -0.340 e. The van der Waals surface area contributed by atoms with E-state index in [0.717, 1.165) is 16.9 Å². The molecule has 124 valence electrons. The smallest absolute Gasteiger partial charge is 0.256 e. The average Bonchev–Trinajstić information content (AvgIpc) is 3.30. The Labute approximate surface area is 143 Å². The summed E-state index contributed by atoms with van der Waals surface area (Å²) in [7, 11) is 1.74. The van der Waals surface area contributed by atoms with Crippen molar-refractivity contribution in [2.45, 2.75) is 6.54 Å². The summed E-state index contributed by atoms with van der Waals surface area (Å²) in [4.78, 5) is 22.2. The van der Waals surface area contributed by atoms with Crippen molar-refractivity contribution in [1.29, 1.82) is 0 Å². The number of nitrogens with one attached hydrogen (secondary N) is 1. The number of rotatable bonds is 4. The maximum atomic E-state index is 12.9. The van der Waals surface area contributed by atoms with Crippen LogP contribution in [0.5, 0.6) is 0 Å². The number of H-pyrrole nitrogens is 1. The average molecular weight is 333 g/mol. The molecule has 4 rings (SSSR count). The first-order valence-electron chi connectivity index (χ1n) is 7.74. The molecule has 0 fully saturated rings. The van der Waals surface area contributed by atoms with Crippen LogP contribution in [0.15, 0.2) is 54.9 Å². The number of carbonyl (C=O) groups excluding carboxylic acids is 1. The molecule has 0 saturated carbocycles. The van der Waals surface area contributed by atoms with E-state index in [-0.39, 0.29) is 5.91 Å².